The zero-order valence-corrected chi connectivity index (χ0v) is 21.5. The Labute approximate surface area is 223 Å². The molecule has 0 radical (unpaired) electrons. The Morgan fingerprint density at radius 1 is 1.14 bits per heavy atom. The van der Waals surface area contributed by atoms with Gasteiger partial charge in [0, 0.05) is 27.5 Å². The molecular formula is C24H16Cl2FN5O2S2. The molecule has 1 amide bonds. The summed E-state index contributed by atoms with van der Waals surface area (Å²) in [7, 11) is 0. The first-order valence-corrected chi connectivity index (χ1v) is 13.1. The van der Waals surface area contributed by atoms with Gasteiger partial charge >= 0.3 is 0 Å². The van der Waals surface area contributed by atoms with Crippen LogP contribution in [0.25, 0.3) is 17.3 Å². The predicted molar refractivity (Wildman–Crippen MR) is 140 cm³/mol. The quantitative estimate of drug-likeness (QED) is 0.211. The molecule has 12 heteroatoms. The summed E-state index contributed by atoms with van der Waals surface area (Å²) in [4.78, 5) is 17.9. The van der Waals surface area contributed by atoms with Crippen LogP contribution >= 0.6 is 46.3 Å². The number of anilines is 1. The highest BCUT2D eigenvalue weighted by Crippen LogP contribution is 2.30. The van der Waals surface area contributed by atoms with Crippen LogP contribution in [0.5, 0.6) is 0 Å². The van der Waals surface area contributed by atoms with Crippen molar-refractivity contribution >= 4 is 57.3 Å². The van der Waals surface area contributed by atoms with Gasteiger partial charge in [0.05, 0.1) is 17.7 Å². The molecule has 5 aromatic rings. The van der Waals surface area contributed by atoms with Crippen LogP contribution in [0.1, 0.15) is 10.4 Å². The monoisotopic (exact) mass is 559 g/mol. The fourth-order valence-electron chi connectivity index (χ4n) is 3.34. The standard InChI is InChI=1S/C24H16Cl2FN5O2S2/c25-15-4-3-14(19(26)11-15)10-18-12-28-23(36-18)29-21(33)13-35-24-31-30-22(20-2-1-9-34-20)32(24)17-7-5-16(27)6-8-17/h1-9,11-12H,10,13H2,(H,28,29,33). The molecule has 0 spiro atoms. The number of hydrogen-bond acceptors (Lipinski definition) is 7. The maximum Gasteiger partial charge on any atom is 0.236 e. The summed E-state index contributed by atoms with van der Waals surface area (Å²) in [6.45, 7) is 0. The molecule has 0 atom stereocenters. The second-order valence-corrected chi connectivity index (χ2v) is 10.4. The summed E-state index contributed by atoms with van der Waals surface area (Å²) < 4.78 is 20.7. The van der Waals surface area contributed by atoms with Gasteiger partial charge in [0.2, 0.25) is 11.7 Å². The molecule has 0 aliphatic carbocycles. The molecule has 0 unspecified atom stereocenters. The number of nitrogens with zero attached hydrogens (tertiary/aromatic N) is 4. The number of rotatable bonds is 8. The highest BCUT2D eigenvalue weighted by molar-refractivity contribution is 7.99. The van der Waals surface area contributed by atoms with E-state index in [1.807, 2.05) is 6.07 Å². The summed E-state index contributed by atoms with van der Waals surface area (Å²) >= 11 is 14.8. The molecule has 36 heavy (non-hydrogen) atoms. The van der Waals surface area contributed by atoms with E-state index in [-0.39, 0.29) is 17.5 Å². The summed E-state index contributed by atoms with van der Waals surface area (Å²) in [5.41, 5.74) is 1.56. The van der Waals surface area contributed by atoms with Crippen molar-refractivity contribution in [2.45, 2.75) is 11.6 Å². The van der Waals surface area contributed by atoms with Crippen molar-refractivity contribution in [2.75, 3.05) is 11.1 Å². The summed E-state index contributed by atoms with van der Waals surface area (Å²) in [5, 5.41) is 13.3. The Bertz CT molecular complexity index is 1500. The second kappa shape index (κ2) is 10.8. The van der Waals surface area contributed by atoms with E-state index in [1.165, 1.54) is 41.5 Å². The first-order valence-electron chi connectivity index (χ1n) is 10.5. The second-order valence-electron chi connectivity index (χ2n) is 7.48. The Morgan fingerprint density at radius 2 is 1.97 bits per heavy atom. The van der Waals surface area contributed by atoms with Gasteiger partial charge < -0.3 is 9.73 Å². The highest BCUT2D eigenvalue weighted by Gasteiger charge is 2.19. The number of thioether (sulfide) groups is 1. The fraction of sp³-hybridized carbons (Fsp3) is 0.0833. The smallest absolute Gasteiger partial charge is 0.236 e. The van der Waals surface area contributed by atoms with Crippen molar-refractivity contribution in [1.82, 2.24) is 19.7 Å². The molecule has 0 saturated carbocycles. The molecule has 0 aliphatic heterocycles. The predicted octanol–water partition coefficient (Wildman–Crippen LogP) is 6.75. The third kappa shape index (κ3) is 5.62. The molecule has 3 aromatic heterocycles. The van der Waals surface area contributed by atoms with E-state index in [0.717, 1.165) is 10.4 Å². The zero-order valence-electron chi connectivity index (χ0n) is 18.3. The van der Waals surface area contributed by atoms with E-state index in [2.05, 4.69) is 20.5 Å². The van der Waals surface area contributed by atoms with Crippen LogP contribution in [0.15, 0.2) is 76.6 Å². The minimum Gasteiger partial charge on any atom is -0.461 e. The molecule has 182 valence electrons. The SMILES string of the molecule is O=C(CSc1nnc(-c2ccco2)n1-c1ccc(F)cc1)Nc1ncc(Cc2ccc(Cl)cc2Cl)s1. The van der Waals surface area contributed by atoms with Gasteiger partial charge in [-0.1, -0.05) is 41.0 Å². The molecule has 7 nitrogen and oxygen atoms in total. The number of carbonyl (C=O) groups excluding carboxylic acids is 1. The number of aromatic nitrogens is 4. The number of thiazole rings is 1. The number of halogens is 3. The van der Waals surface area contributed by atoms with E-state index in [4.69, 9.17) is 27.6 Å². The lowest BCUT2D eigenvalue weighted by Gasteiger charge is -2.09. The van der Waals surface area contributed by atoms with Crippen LogP contribution in [-0.4, -0.2) is 31.4 Å². The van der Waals surface area contributed by atoms with Crippen molar-refractivity contribution in [3.8, 4) is 17.3 Å². The summed E-state index contributed by atoms with van der Waals surface area (Å²) in [5.74, 6) is 0.397. The number of hydrogen-bond donors (Lipinski definition) is 1. The van der Waals surface area contributed by atoms with Crippen molar-refractivity contribution < 1.29 is 13.6 Å². The number of amides is 1. The van der Waals surface area contributed by atoms with Crippen LogP contribution in [-0.2, 0) is 11.2 Å². The van der Waals surface area contributed by atoms with Gasteiger partial charge in [-0.05, 0) is 54.1 Å². The van der Waals surface area contributed by atoms with Gasteiger partial charge in [-0.3, -0.25) is 9.36 Å². The number of carbonyl (C=O) groups is 1. The molecule has 0 aliphatic rings. The highest BCUT2D eigenvalue weighted by atomic mass is 35.5. The Kier molecular flexibility index (Phi) is 7.38. The van der Waals surface area contributed by atoms with Gasteiger partial charge in [-0.2, -0.15) is 0 Å². The molecule has 3 heterocycles. The van der Waals surface area contributed by atoms with Crippen LogP contribution in [0.3, 0.4) is 0 Å². The topological polar surface area (TPSA) is 85.8 Å². The van der Waals surface area contributed by atoms with Crippen LogP contribution in [0, 0.1) is 5.82 Å². The molecule has 1 N–H and O–H groups in total. The lowest BCUT2D eigenvalue weighted by atomic mass is 10.1. The van der Waals surface area contributed by atoms with E-state index >= 15 is 0 Å². The number of benzene rings is 2. The number of furan rings is 1. The Balaban J connectivity index is 1.27. The largest absolute Gasteiger partial charge is 0.461 e. The Hall–Kier alpha value is -3.18. The van der Waals surface area contributed by atoms with Gasteiger partial charge in [-0.25, -0.2) is 9.37 Å². The first kappa shape index (κ1) is 24.5. The first-order chi connectivity index (χ1) is 17.5. The third-order valence-corrected chi connectivity index (χ3v) is 7.40. The minimum absolute atomic E-state index is 0.0649. The maximum absolute atomic E-state index is 13.5. The van der Waals surface area contributed by atoms with Gasteiger partial charge in [0.1, 0.15) is 5.82 Å². The van der Waals surface area contributed by atoms with Crippen LogP contribution in [0.2, 0.25) is 10.0 Å². The average Bonchev–Trinajstić information content (AvgIpc) is 3.61. The van der Waals surface area contributed by atoms with Crippen molar-refractivity contribution in [1.29, 1.82) is 0 Å². The molecule has 5 rings (SSSR count). The minimum atomic E-state index is -0.360. The normalized spacial score (nSPS) is 11.1. The van der Waals surface area contributed by atoms with E-state index in [9.17, 15) is 9.18 Å². The number of nitrogens with one attached hydrogen (secondary N) is 1. The molecular weight excluding hydrogens is 544 g/mol. The lowest BCUT2D eigenvalue weighted by molar-refractivity contribution is -0.113. The molecule has 0 fully saturated rings. The van der Waals surface area contributed by atoms with Gasteiger partial charge in [0.15, 0.2) is 16.0 Å². The van der Waals surface area contributed by atoms with E-state index < -0.39 is 0 Å². The Morgan fingerprint density at radius 3 is 2.72 bits per heavy atom. The summed E-state index contributed by atoms with van der Waals surface area (Å²) in [6.07, 6.45) is 3.82. The maximum atomic E-state index is 13.5. The van der Waals surface area contributed by atoms with Gasteiger partial charge in [0.25, 0.3) is 0 Å². The summed E-state index contributed by atoms with van der Waals surface area (Å²) in [6, 6.07) is 14.8. The van der Waals surface area contributed by atoms with Crippen LogP contribution < -0.4 is 5.32 Å². The average molecular weight is 560 g/mol. The van der Waals surface area contributed by atoms with E-state index in [1.54, 1.807) is 47.2 Å². The molecule has 0 saturated heterocycles. The van der Waals surface area contributed by atoms with Crippen molar-refractivity contribution in [3.05, 3.63) is 93.4 Å². The van der Waals surface area contributed by atoms with Gasteiger partial charge in [-0.15, -0.1) is 21.5 Å². The van der Waals surface area contributed by atoms with Crippen molar-refractivity contribution in [2.24, 2.45) is 0 Å². The molecule has 0 bridgehead atoms. The molecule has 2 aromatic carbocycles. The van der Waals surface area contributed by atoms with Crippen molar-refractivity contribution in [3.63, 3.8) is 0 Å². The lowest BCUT2D eigenvalue weighted by Crippen LogP contribution is -2.14. The zero-order chi connectivity index (χ0) is 25.1. The van der Waals surface area contributed by atoms with Crippen LogP contribution in [0.4, 0.5) is 9.52 Å². The fourth-order valence-corrected chi connectivity index (χ4v) is 5.42. The van der Waals surface area contributed by atoms with E-state index in [0.29, 0.717) is 44.0 Å². The third-order valence-electron chi connectivity index (χ3n) is 4.97.